The minimum absolute atomic E-state index is 0.189. The van der Waals surface area contributed by atoms with Gasteiger partial charge in [-0.05, 0) is 19.1 Å². The summed E-state index contributed by atoms with van der Waals surface area (Å²) in [5.74, 6) is 1.25. The van der Waals surface area contributed by atoms with Gasteiger partial charge in [0, 0.05) is 19.3 Å². The van der Waals surface area contributed by atoms with Gasteiger partial charge < -0.3 is 15.2 Å². The number of pyridine rings is 1. The van der Waals surface area contributed by atoms with E-state index >= 15 is 0 Å². The number of nitrogens with zero attached hydrogens (tertiary/aromatic N) is 2. The molecule has 0 atom stereocenters. The fourth-order valence-corrected chi connectivity index (χ4v) is 1.45. The molecule has 0 saturated carbocycles. The zero-order valence-corrected chi connectivity index (χ0v) is 10.2. The van der Waals surface area contributed by atoms with Gasteiger partial charge in [0.1, 0.15) is 17.3 Å². The van der Waals surface area contributed by atoms with E-state index in [1.54, 1.807) is 32.2 Å². The van der Waals surface area contributed by atoms with E-state index in [9.17, 15) is 4.79 Å². The minimum atomic E-state index is -0.189. The van der Waals surface area contributed by atoms with Crippen molar-refractivity contribution in [2.45, 2.75) is 13.5 Å². The summed E-state index contributed by atoms with van der Waals surface area (Å²) in [7, 11) is 1.77. The third-order valence-corrected chi connectivity index (χ3v) is 2.39. The number of hydrogen-bond acceptors (Lipinski definition) is 5. The first-order chi connectivity index (χ1) is 8.69. The number of aromatic nitrogens is 2. The average Bonchev–Trinajstić information content (AvgIpc) is 2.82. The van der Waals surface area contributed by atoms with Crippen molar-refractivity contribution in [1.82, 2.24) is 15.5 Å². The number of carbonyl (C=O) groups is 1. The highest BCUT2D eigenvalue weighted by atomic mass is 16.5. The lowest BCUT2D eigenvalue weighted by molar-refractivity contribution is 0.0950. The Hall–Kier alpha value is -2.37. The smallest absolute Gasteiger partial charge is 0.253 e. The third kappa shape index (κ3) is 2.85. The maximum Gasteiger partial charge on any atom is 0.253 e. The minimum Gasteiger partial charge on any atom is -0.373 e. The second kappa shape index (κ2) is 5.31. The molecule has 0 aromatic carbocycles. The van der Waals surface area contributed by atoms with Gasteiger partial charge in [0.2, 0.25) is 0 Å². The molecule has 2 aromatic rings. The summed E-state index contributed by atoms with van der Waals surface area (Å²) in [6.07, 6.45) is 1.52. The Morgan fingerprint density at radius 1 is 1.44 bits per heavy atom. The van der Waals surface area contributed by atoms with Gasteiger partial charge in [-0.25, -0.2) is 4.98 Å². The predicted molar refractivity (Wildman–Crippen MR) is 66.2 cm³/mol. The first kappa shape index (κ1) is 12.1. The lowest BCUT2D eigenvalue weighted by atomic mass is 10.2. The van der Waals surface area contributed by atoms with E-state index in [1.807, 2.05) is 0 Å². The molecule has 0 spiro atoms. The van der Waals surface area contributed by atoms with E-state index < -0.39 is 0 Å². The largest absolute Gasteiger partial charge is 0.373 e. The zero-order valence-electron chi connectivity index (χ0n) is 10.2. The normalized spacial score (nSPS) is 10.1. The summed E-state index contributed by atoms with van der Waals surface area (Å²) in [5.41, 5.74) is 1.20. The van der Waals surface area contributed by atoms with E-state index in [1.165, 1.54) is 6.20 Å². The van der Waals surface area contributed by atoms with Crippen LogP contribution in [0.1, 0.15) is 21.8 Å². The van der Waals surface area contributed by atoms with Crippen LogP contribution in [0.15, 0.2) is 28.9 Å². The van der Waals surface area contributed by atoms with Gasteiger partial charge in [0.25, 0.3) is 5.91 Å². The molecule has 6 heteroatoms. The molecule has 0 aliphatic carbocycles. The molecule has 2 rings (SSSR count). The highest BCUT2D eigenvalue weighted by Gasteiger charge is 2.07. The fraction of sp³-hybridized carbons (Fsp3) is 0.250. The zero-order chi connectivity index (χ0) is 13.0. The van der Waals surface area contributed by atoms with Crippen molar-refractivity contribution in [3.8, 4) is 0 Å². The number of anilines is 1. The Labute approximate surface area is 104 Å². The number of nitrogens with one attached hydrogen (secondary N) is 2. The van der Waals surface area contributed by atoms with Crippen molar-refractivity contribution in [3.05, 3.63) is 41.4 Å². The van der Waals surface area contributed by atoms with Gasteiger partial charge in [-0.3, -0.25) is 4.79 Å². The summed E-state index contributed by atoms with van der Waals surface area (Å²) in [6.45, 7) is 2.14. The van der Waals surface area contributed by atoms with Gasteiger partial charge >= 0.3 is 0 Å². The quantitative estimate of drug-likeness (QED) is 0.851. The van der Waals surface area contributed by atoms with E-state index in [2.05, 4.69) is 20.8 Å². The number of aryl methyl sites for hydroxylation is 1. The van der Waals surface area contributed by atoms with Crippen molar-refractivity contribution >= 4 is 11.7 Å². The van der Waals surface area contributed by atoms with E-state index in [0.717, 1.165) is 11.6 Å². The Morgan fingerprint density at radius 2 is 2.28 bits per heavy atom. The number of carbonyl (C=O) groups excluding carboxylic acids is 1. The van der Waals surface area contributed by atoms with Crippen molar-refractivity contribution in [2.24, 2.45) is 0 Å². The first-order valence-corrected chi connectivity index (χ1v) is 5.53. The second-order valence-electron chi connectivity index (χ2n) is 3.79. The fourth-order valence-electron chi connectivity index (χ4n) is 1.45. The summed E-state index contributed by atoms with van der Waals surface area (Å²) >= 11 is 0. The molecule has 94 valence electrons. The Morgan fingerprint density at radius 3 is 2.83 bits per heavy atom. The number of amides is 1. The summed E-state index contributed by atoms with van der Waals surface area (Å²) < 4.78 is 4.91. The van der Waals surface area contributed by atoms with Crippen LogP contribution in [0.5, 0.6) is 0 Å². The summed E-state index contributed by atoms with van der Waals surface area (Å²) in [5, 5.41) is 9.43. The molecule has 2 heterocycles. The molecule has 0 aliphatic rings. The molecular formula is C12H14N4O2. The molecule has 0 aliphatic heterocycles. The van der Waals surface area contributed by atoms with Crippen molar-refractivity contribution < 1.29 is 9.32 Å². The van der Waals surface area contributed by atoms with Crippen LogP contribution in [0.2, 0.25) is 0 Å². The Kier molecular flexibility index (Phi) is 3.57. The second-order valence-corrected chi connectivity index (χ2v) is 3.79. The van der Waals surface area contributed by atoms with Crippen LogP contribution in [-0.4, -0.2) is 23.1 Å². The lowest BCUT2D eigenvalue weighted by Crippen LogP contribution is -2.23. The van der Waals surface area contributed by atoms with Crippen LogP contribution in [-0.2, 0) is 6.54 Å². The maximum absolute atomic E-state index is 11.8. The predicted octanol–water partition coefficient (Wildman–Crippen LogP) is 1.35. The van der Waals surface area contributed by atoms with Crippen molar-refractivity contribution in [3.63, 3.8) is 0 Å². The van der Waals surface area contributed by atoms with Gasteiger partial charge in [-0.1, -0.05) is 5.16 Å². The Balaban J connectivity index is 1.94. The number of hydrogen-bond donors (Lipinski definition) is 2. The van der Waals surface area contributed by atoms with Crippen LogP contribution in [0.3, 0.4) is 0 Å². The van der Waals surface area contributed by atoms with Crippen molar-refractivity contribution in [1.29, 1.82) is 0 Å². The highest BCUT2D eigenvalue weighted by molar-refractivity contribution is 5.93. The standard InChI is InChI=1S/C12H14N4O2/c1-8-5-10(16-18-8)7-15-12(17)9-3-4-11(13-2)14-6-9/h3-6H,7H2,1-2H3,(H,13,14)(H,15,17). The molecule has 2 N–H and O–H groups in total. The number of rotatable bonds is 4. The van der Waals surface area contributed by atoms with E-state index in [0.29, 0.717) is 17.8 Å². The van der Waals surface area contributed by atoms with Crippen LogP contribution < -0.4 is 10.6 Å². The van der Waals surface area contributed by atoms with E-state index in [4.69, 9.17) is 4.52 Å². The third-order valence-electron chi connectivity index (χ3n) is 2.39. The SMILES string of the molecule is CNc1ccc(C(=O)NCc2cc(C)on2)cn1. The molecule has 0 radical (unpaired) electrons. The molecule has 18 heavy (non-hydrogen) atoms. The van der Waals surface area contributed by atoms with Crippen LogP contribution in [0.4, 0.5) is 5.82 Å². The van der Waals surface area contributed by atoms with Gasteiger partial charge in [-0.2, -0.15) is 0 Å². The molecule has 0 bridgehead atoms. The van der Waals surface area contributed by atoms with Crippen LogP contribution in [0.25, 0.3) is 0 Å². The molecule has 2 aromatic heterocycles. The summed E-state index contributed by atoms with van der Waals surface area (Å²) in [6, 6.07) is 5.24. The molecule has 0 unspecified atom stereocenters. The van der Waals surface area contributed by atoms with E-state index in [-0.39, 0.29) is 5.91 Å². The summed E-state index contributed by atoms with van der Waals surface area (Å²) in [4.78, 5) is 15.9. The van der Waals surface area contributed by atoms with Crippen LogP contribution >= 0.6 is 0 Å². The van der Waals surface area contributed by atoms with Gasteiger partial charge in [-0.15, -0.1) is 0 Å². The maximum atomic E-state index is 11.8. The Bertz CT molecular complexity index is 533. The molecule has 0 fully saturated rings. The first-order valence-electron chi connectivity index (χ1n) is 5.53. The van der Waals surface area contributed by atoms with Gasteiger partial charge in [0.05, 0.1) is 12.1 Å². The average molecular weight is 246 g/mol. The monoisotopic (exact) mass is 246 g/mol. The van der Waals surface area contributed by atoms with Gasteiger partial charge in [0.15, 0.2) is 0 Å². The lowest BCUT2D eigenvalue weighted by Gasteiger charge is -2.03. The molecular weight excluding hydrogens is 232 g/mol. The van der Waals surface area contributed by atoms with Crippen molar-refractivity contribution in [2.75, 3.05) is 12.4 Å². The topological polar surface area (TPSA) is 80.0 Å². The van der Waals surface area contributed by atoms with Crippen LogP contribution in [0, 0.1) is 6.92 Å². The molecule has 1 amide bonds. The highest BCUT2D eigenvalue weighted by Crippen LogP contribution is 2.05. The molecule has 0 saturated heterocycles. The molecule has 6 nitrogen and oxygen atoms in total.